The fourth-order valence-electron chi connectivity index (χ4n) is 2.17. The Morgan fingerprint density at radius 2 is 1.90 bits per heavy atom. The molecule has 0 aliphatic carbocycles. The summed E-state index contributed by atoms with van der Waals surface area (Å²) >= 11 is 1.50. The molecule has 0 unspecified atom stereocenters. The summed E-state index contributed by atoms with van der Waals surface area (Å²) in [7, 11) is 0. The Bertz CT molecular complexity index is 701. The Morgan fingerprint density at radius 1 is 1.15 bits per heavy atom. The lowest BCUT2D eigenvalue weighted by molar-refractivity contribution is -0.385. The fourth-order valence-corrected chi connectivity index (χ4v) is 3.15. The smallest absolute Gasteiger partial charge is 0.282 e. The molecule has 1 aliphatic rings. The normalized spacial score (nSPS) is 12.9. The molecule has 20 heavy (non-hydrogen) atoms. The van der Waals surface area contributed by atoms with E-state index in [1.54, 1.807) is 6.07 Å². The summed E-state index contributed by atoms with van der Waals surface area (Å²) in [4.78, 5) is 24.2. The third kappa shape index (κ3) is 2.14. The largest absolute Gasteiger partial charge is 0.348 e. The van der Waals surface area contributed by atoms with Gasteiger partial charge in [-0.25, -0.2) is 0 Å². The predicted molar refractivity (Wildman–Crippen MR) is 74.8 cm³/mol. The molecule has 1 N–H and O–H groups in total. The minimum atomic E-state index is -0.513. The lowest BCUT2D eigenvalue weighted by Crippen LogP contribution is -2.13. The van der Waals surface area contributed by atoms with Crippen molar-refractivity contribution in [2.24, 2.45) is 0 Å². The number of nitro groups is 1. The van der Waals surface area contributed by atoms with Gasteiger partial charge in [0.2, 0.25) is 0 Å². The Hall–Kier alpha value is -2.34. The minimum absolute atomic E-state index is 0.132. The summed E-state index contributed by atoms with van der Waals surface area (Å²) in [5.74, 6) is -0.373. The maximum absolute atomic E-state index is 11.8. The number of nitro benzene ring substituents is 1. The van der Waals surface area contributed by atoms with Gasteiger partial charge in [-0.05, 0) is 18.2 Å². The predicted octanol–water partition coefficient (Wildman–Crippen LogP) is 2.99. The highest BCUT2D eigenvalue weighted by molar-refractivity contribution is 7.99. The quantitative estimate of drug-likeness (QED) is 0.695. The standard InChI is InChI=1S/C14H10N2O3S/c17-14-13-10(8-15-14)12(7-6-11(13)16(18)19)20-9-4-2-1-3-5-9/h1-7H,8H2,(H,15,17). The van der Waals surface area contributed by atoms with Crippen LogP contribution >= 0.6 is 11.8 Å². The molecule has 3 rings (SSSR count). The van der Waals surface area contributed by atoms with E-state index in [0.29, 0.717) is 12.1 Å². The van der Waals surface area contributed by atoms with Crippen LogP contribution < -0.4 is 5.32 Å². The number of hydrogen-bond donors (Lipinski definition) is 1. The number of hydrogen-bond acceptors (Lipinski definition) is 4. The monoisotopic (exact) mass is 286 g/mol. The van der Waals surface area contributed by atoms with E-state index in [4.69, 9.17) is 0 Å². The van der Waals surface area contributed by atoms with Crippen molar-refractivity contribution in [1.29, 1.82) is 0 Å². The molecule has 0 bridgehead atoms. The number of carbonyl (C=O) groups excluding carboxylic acids is 1. The molecular formula is C14H10N2O3S. The molecular weight excluding hydrogens is 276 g/mol. The van der Waals surface area contributed by atoms with E-state index >= 15 is 0 Å². The average Bonchev–Trinajstić information content (AvgIpc) is 2.83. The number of benzene rings is 2. The Balaban J connectivity index is 2.06. The maximum Gasteiger partial charge on any atom is 0.282 e. The van der Waals surface area contributed by atoms with Gasteiger partial charge in [0.25, 0.3) is 11.6 Å². The topological polar surface area (TPSA) is 72.2 Å². The van der Waals surface area contributed by atoms with Gasteiger partial charge in [0.15, 0.2) is 0 Å². The zero-order valence-electron chi connectivity index (χ0n) is 10.3. The molecule has 0 saturated carbocycles. The second-order valence-electron chi connectivity index (χ2n) is 4.29. The van der Waals surface area contributed by atoms with Gasteiger partial charge in [0.05, 0.1) is 4.92 Å². The van der Waals surface area contributed by atoms with E-state index in [1.165, 1.54) is 17.8 Å². The number of nitrogens with one attached hydrogen (secondary N) is 1. The third-order valence-corrected chi connectivity index (χ3v) is 4.18. The summed E-state index contributed by atoms with van der Waals surface area (Å²) in [5.41, 5.74) is 0.765. The van der Waals surface area contributed by atoms with E-state index in [9.17, 15) is 14.9 Å². The van der Waals surface area contributed by atoms with Gasteiger partial charge in [0, 0.05) is 28.0 Å². The van der Waals surface area contributed by atoms with E-state index in [0.717, 1.165) is 9.79 Å². The molecule has 1 aliphatic heterocycles. The van der Waals surface area contributed by atoms with Crippen molar-refractivity contribution in [3.05, 3.63) is 63.7 Å². The number of amides is 1. The molecule has 2 aromatic rings. The minimum Gasteiger partial charge on any atom is -0.348 e. The zero-order valence-corrected chi connectivity index (χ0v) is 11.1. The van der Waals surface area contributed by atoms with Gasteiger partial charge in [-0.1, -0.05) is 30.0 Å². The highest BCUT2D eigenvalue weighted by Gasteiger charge is 2.31. The number of nitrogens with zero attached hydrogens (tertiary/aromatic N) is 1. The van der Waals surface area contributed by atoms with Crippen LogP contribution in [0.3, 0.4) is 0 Å². The molecule has 0 atom stereocenters. The molecule has 0 saturated heterocycles. The van der Waals surface area contributed by atoms with Crippen LogP contribution in [0.1, 0.15) is 15.9 Å². The van der Waals surface area contributed by atoms with Gasteiger partial charge in [-0.2, -0.15) is 0 Å². The van der Waals surface area contributed by atoms with Crippen molar-refractivity contribution in [3.63, 3.8) is 0 Å². The first kappa shape index (κ1) is 12.7. The van der Waals surface area contributed by atoms with Crippen LogP contribution in [0.25, 0.3) is 0 Å². The SMILES string of the molecule is O=C1NCc2c(Sc3ccccc3)ccc([N+](=O)[O-])c21. The van der Waals surface area contributed by atoms with Gasteiger partial charge in [-0.3, -0.25) is 14.9 Å². The van der Waals surface area contributed by atoms with Crippen LogP contribution in [0.15, 0.2) is 52.3 Å². The van der Waals surface area contributed by atoms with Gasteiger partial charge in [-0.15, -0.1) is 0 Å². The van der Waals surface area contributed by atoms with Crippen molar-refractivity contribution in [3.8, 4) is 0 Å². The molecule has 1 amide bonds. The third-order valence-electron chi connectivity index (χ3n) is 3.07. The average molecular weight is 286 g/mol. The number of carbonyl (C=O) groups is 1. The second kappa shape index (κ2) is 4.97. The molecule has 5 nitrogen and oxygen atoms in total. The lowest BCUT2D eigenvalue weighted by Gasteiger charge is -2.06. The molecule has 1 heterocycles. The first-order chi connectivity index (χ1) is 9.66. The van der Waals surface area contributed by atoms with Crippen molar-refractivity contribution < 1.29 is 9.72 Å². The molecule has 100 valence electrons. The molecule has 2 aromatic carbocycles. The van der Waals surface area contributed by atoms with Gasteiger partial charge in [0.1, 0.15) is 5.56 Å². The summed E-state index contributed by atoms with van der Waals surface area (Å²) in [6.45, 7) is 0.338. The summed E-state index contributed by atoms with van der Waals surface area (Å²) in [6.07, 6.45) is 0. The molecule has 0 aromatic heterocycles. The van der Waals surface area contributed by atoms with Crippen LogP contribution in [0, 0.1) is 10.1 Å². The van der Waals surface area contributed by atoms with E-state index in [-0.39, 0.29) is 17.2 Å². The first-order valence-electron chi connectivity index (χ1n) is 5.98. The Morgan fingerprint density at radius 3 is 2.60 bits per heavy atom. The molecule has 0 fully saturated rings. The number of rotatable bonds is 3. The van der Waals surface area contributed by atoms with Crippen LogP contribution in [0.4, 0.5) is 5.69 Å². The molecule has 6 heteroatoms. The molecule has 0 spiro atoms. The summed E-state index contributed by atoms with van der Waals surface area (Å²) in [6, 6.07) is 12.8. The second-order valence-corrected chi connectivity index (χ2v) is 5.41. The maximum atomic E-state index is 11.8. The van der Waals surface area contributed by atoms with Crippen LogP contribution in [0.5, 0.6) is 0 Å². The highest BCUT2D eigenvalue weighted by atomic mass is 32.2. The van der Waals surface area contributed by atoms with Crippen molar-refractivity contribution >= 4 is 23.4 Å². The van der Waals surface area contributed by atoms with Crippen molar-refractivity contribution in [2.45, 2.75) is 16.3 Å². The van der Waals surface area contributed by atoms with Crippen molar-refractivity contribution in [1.82, 2.24) is 5.32 Å². The van der Waals surface area contributed by atoms with Crippen LogP contribution in [-0.4, -0.2) is 10.8 Å². The van der Waals surface area contributed by atoms with E-state index < -0.39 is 4.92 Å². The fraction of sp³-hybridized carbons (Fsp3) is 0.0714. The van der Waals surface area contributed by atoms with Gasteiger partial charge >= 0.3 is 0 Å². The summed E-state index contributed by atoms with van der Waals surface area (Å²) < 4.78 is 0. The summed E-state index contributed by atoms with van der Waals surface area (Å²) in [5, 5.41) is 13.6. The Kier molecular flexibility index (Phi) is 3.15. The zero-order chi connectivity index (χ0) is 14.1. The van der Waals surface area contributed by atoms with Crippen LogP contribution in [0.2, 0.25) is 0 Å². The highest BCUT2D eigenvalue weighted by Crippen LogP contribution is 2.37. The first-order valence-corrected chi connectivity index (χ1v) is 6.80. The van der Waals surface area contributed by atoms with E-state index in [1.807, 2.05) is 30.3 Å². The molecule has 0 radical (unpaired) electrons. The lowest BCUT2D eigenvalue weighted by atomic mass is 10.1. The van der Waals surface area contributed by atoms with Crippen molar-refractivity contribution in [2.75, 3.05) is 0 Å². The Labute approximate surface area is 119 Å². The van der Waals surface area contributed by atoms with E-state index in [2.05, 4.69) is 5.32 Å². The van der Waals surface area contributed by atoms with Gasteiger partial charge < -0.3 is 5.32 Å². The van der Waals surface area contributed by atoms with Crippen LogP contribution in [-0.2, 0) is 6.54 Å². The number of fused-ring (bicyclic) bond motifs is 1.